The van der Waals surface area contributed by atoms with E-state index in [2.05, 4.69) is 10.6 Å². The predicted molar refractivity (Wildman–Crippen MR) is 93.8 cm³/mol. The minimum Gasteiger partial charge on any atom is -0.493 e. The number of nitrogens with one attached hydrogen (secondary N) is 2. The van der Waals surface area contributed by atoms with Crippen LogP contribution < -0.4 is 15.4 Å². The average Bonchev–Trinajstić information content (AvgIpc) is 2.96. The number of piperidine rings is 1. The lowest BCUT2D eigenvalue weighted by atomic mass is 10.0. The SMILES string of the molecule is O=C1CCC(N2Cc3c(ccc4c3OCCCCNCC4)C2=O)C(=O)N1. The molecule has 0 aliphatic carbocycles. The van der Waals surface area contributed by atoms with Gasteiger partial charge in [-0.1, -0.05) is 6.07 Å². The summed E-state index contributed by atoms with van der Waals surface area (Å²) in [5.41, 5.74) is 2.58. The standard InChI is InChI=1S/C19H23N3O4/c23-16-6-5-15(18(24)21-16)22-11-14-13(19(22)25)4-3-12-7-9-20-8-1-2-10-26-17(12)14/h3-4,15,20H,1-2,5-11H2,(H,21,23,24). The van der Waals surface area contributed by atoms with Crippen LogP contribution in [0.1, 0.15) is 47.2 Å². The van der Waals surface area contributed by atoms with Crippen LogP contribution in [0.5, 0.6) is 5.75 Å². The Morgan fingerprint density at radius 1 is 1.08 bits per heavy atom. The van der Waals surface area contributed by atoms with Crippen LogP contribution in [0.15, 0.2) is 12.1 Å². The summed E-state index contributed by atoms with van der Waals surface area (Å²) in [6.45, 7) is 2.85. The molecule has 0 aromatic heterocycles. The summed E-state index contributed by atoms with van der Waals surface area (Å²) in [5.74, 6) is -0.0159. The Hall–Kier alpha value is -2.41. The van der Waals surface area contributed by atoms with E-state index in [-0.39, 0.29) is 24.1 Å². The maximum absolute atomic E-state index is 12.9. The van der Waals surface area contributed by atoms with Crippen molar-refractivity contribution in [2.24, 2.45) is 0 Å². The van der Waals surface area contributed by atoms with Crippen molar-refractivity contribution in [1.29, 1.82) is 0 Å². The summed E-state index contributed by atoms with van der Waals surface area (Å²) in [6.07, 6.45) is 3.50. The van der Waals surface area contributed by atoms with Gasteiger partial charge < -0.3 is 15.0 Å². The van der Waals surface area contributed by atoms with Gasteiger partial charge in [-0.15, -0.1) is 0 Å². The summed E-state index contributed by atoms with van der Waals surface area (Å²) in [7, 11) is 0. The fraction of sp³-hybridized carbons (Fsp3) is 0.526. The third kappa shape index (κ3) is 3.07. The molecule has 0 bridgehead atoms. The topological polar surface area (TPSA) is 87.7 Å². The Balaban J connectivity index is 1.63. The summed E-state index contributed by atoms with van der Waals surface area (Å²) < 4.78 is 6.07. The summed E-state index contributed by atoms with van der Waals surface area (Å²) in [6, 6.07) is 3.21. The number of fused-ring (bicyclic) bond motifs is 3. The van der Waals surface area contributed by atoms with Gasteiger partial charge in [-0.05, 0) is 50.4 Å². The molecular weight excluding hydrogens is 334 g/mol. The molecule has 3 heterocycles. The molecule has 1 saturated heterocycles. The third-order valence-corrected chi connectivity index (χ3v) is 5.31. The van der Waals surface area contributed by atoms with Crippen LogP contribution in [0.3, 0.4) is 0 Å². The van der Waals surface area contributed by atoms with E-state index in [9.17, 15) is 14.4 Å². The van der Waals surface area contributed by atoms with Crippen LogP contribution in [0.2, 0.25) is 0 Å². The summed E-state index contributed by atoms with van der Waals surface area (Å²) >= 11 is 0. The second kappa shape index (κ2) is 7.07. The maximum atomic E-state index is 12.9. The molecule has 3 amide bonds. The van der Waals surface area contributed by atoms with Gasteiger partial charge in [0.05, 0.1) is 13.2 Å². The number of nitrogens with zero attached hydrogens (tertiary/aromatic N) is 1. The largest absolute Gasteiger partial charge is 0.493 e. The second-order valence-corrected chi connectivity index (χ2v) is 7.04. The van der Waals surface area contributed by atoms with Gasteiger partial charge in [-0.2, -0.15) is 0 Å². The van der Waals surface area contributed by atoms with Crippen LogP contribution in [-0.4, -0.2) is 48.4 Å². The van der Waals surface area contributed by atoms with Gasteiger partial charge in [0, 0.05) is 17.5 Å². The van der Waals surface area contributed by atoms with E-state index in [0.29, 0.717) is 25.1 Å². The fourth-order valence-electron chi connectivity index (χ4n) is 3.91. The highest BCUT2D eigenvalue weighted by molar-refractivity contribution is 6.05. The van der Waals surface area contributed by atoms with E-state index in [4.69, 9.17) is 4.74 Å². The Kier molecular flexibility index (Phi) is 4.63. The zero-order chi connectivity index (χ0) is 18.1. The zero-order valence-corrected chi connectivity index (χ0v) is 14.7. The molecule has 3 aliphatic rings. The molecule has 1 aromatic carbocycles. The highest BCUT2D eigenvalue weighted by Crippen LogP contribution is 2.36. The number of rotatable bonds is 1. The van der Waals surface area contributed by atoms with Crippen molar-refractivity contribution in [3.63, 3.8) is 0 Å². The number of carbonyl (C=O) groups is 3. The van der Waals surface area contributed by atoms with Crippen molar-refractivity contribution < 1.29 is 19.1 Å². The number of ether oxygens (including phenoxy) is 1. The first-order valence-corrected chi connectivity index (χ1v) is 9.28. The molecule has 1 aromatic rings. The molecule has 0 saturated carbocycles. The number of imide groups is 1. The lowest BCUT2D eigenvalue weighted by Gasteiger charge is -2.29. The molecule has 2 N–H and O–H groups in total. The number of benzene rings is 1. The Morgan fingerprint density at radius 2 is 1.96 bits per heavy atom. The molecule has 0 radical (unpaired) electrons. The first kappa shape index (κ1) is 17.0. The summed E-state index contributed by atoms with van der Waals surface area (Å²) in [5, 5.41) is 5.76. The van der Waals surface area contributed by atoms with Gasteiger partial charge in [0.15, 0.2) is 0 Å². The zero-order valence-electron chi connectivity index (χ0n) is 14.7. The van der Waals surface area contributed by atoms with Crippen molar-refractivity contribution in [3.05, 3.63) is 28.8 Å². The minimum atomic E-state index is -0.593. The Bertz CT molecular complexity index is 761. The van der Waals surface area contributed by atoms with E-state index in [1.54, 1.807) is 4.90 Å². The number of hydrogen-bond donors (Lipinski definition) is 2. The van der Waals surface area contributed by atoms with Crippen LogP contribution in [0, 0.1) is 0 Å². The lowest BCUT2D eigenvalue weighted by Crippen LogP contribution is -2.52. The van der Waals surface area contributed by atoms with Crippen molar-refractivity contribution >= 4 is 17.7 Å². The smallest absolute Gasteiger partial charge is 0.255 e. The highest BCUT2D eigenvalue weighted by Gasteiger charge is 2.40. The average molecular weight is 357 g/mol. The number of hydrogen-bond acceptors (Lipinski definition) is 5. The maximum Gasteiger partial charge on any atom is 0.255 e. The predicted octanol–water partition coefficient (Wildman–Crippen LogP) is 0.752. The third-order valence-electron chi connectivity index (χ3n) is 5.31. The monoisotopic (exact) mass is 357 g/mol. The molecule has 3 aliphatic heterocycles. The molecule has 1 fully saturated rings. The molecule has 138 valence electrons. The normalized spacial score (nSPS) is 23.8. The van der Waals surface area contributed by atoms with Crippen LogP contribution in [-0.2, 0) is 22.6 Å². The summed E-state index contributed by atoms with van der Waals surface area (Å²) in [4.78, 5) is 38.0. The molecular formula is C19H23N3O4. The molecule has 26 heavy (non-hydrogen) atoms. The van der Waals surface area contributed by atoms with E-state index in [1.165, 1.54) is 0 Å². The molecule has 1 atom stereocenters. The van der Waals surface area contributed by atoms with Gasteiger partial charge in [0.1, 0.15) is 11.8 Å². The first-order valence-electron chi connectivity index (χ1n) is 9.28. The van der Waals surface area contributed by atoms with Crippen molar-refractivity contribution in [2.45, 2.75) is 44.7 Å². The van der Waals surface area contributed by atoms with Crippen LogP contribution in [0.25, 0.3) is 0 Å². The van der Waals surface area contributed by atoms with Crippen molar-refractivity contribution in [2.75, 3.05) is 19.7 Å². The molecule has 7 nitrogen and oxygen atoms in total. The van der Waals surface area contributed by atoms with E-state index < -0.39 is 6.04 Å². The Labute approximate surface area is 152 Å². The molecule has 1 unspecified atom stereocenters. The van der Waals surface area contributed by atoms with Gasteiger partial charge in [-0.25, -0.2) is 0 Å². The number of carbonyl (C=O) groups excluding carboxylic acids is 3. The quantitative estimate of drug-likeness (QED) is 0.725. The minimum absolute atomic E-state index is 0.156. The van der Waals surface area contributed by atoms with Crippen LogP contribution in [0.4, 0.5) is 0 Å². The first-order chi connectivity index (χ1) is 12.6. The van der Waals surface area contributed by atoms with Crippen molar-refractivity contribution in [1.82, 2.24) is 15.5 Å². The number of amides is 3. The van der Waals surface area contributed by atoms with Crippen LogP contribution >= 0.6 is 0 Å². The fourth-order valence-corrected chi connectivity index (χ4v) is 3.91. The van der Waals surface area contributed by atoms with E-state index >= 15 is 0 Å². The van der Waals surface area contributed by atoms with E-state index in [1.807, 2.05) is 12.1 Å². The Morgan fingerprint density at radius 3 is 2.81 bits per heavy atom. The highest BCUT2D eigenvalue weighted by atomic mass is 16.5. The van der Waals surface area contributed by atoms with Crippen molar-refractivity contribution in [3.8, 4) is 5.75 Å². The lowest BCUT2D eigenvalue weighted by molar-refractivity contribution is -0.136. The van der Waals surface area contributed by atoms with Gasteiger partial charge >= 0.3 is 0 Å². The van der Waals surface area contributed by atoms with Gasteiger partial charge in [0.2, 0.25) is 11.8 Å². The van der Waals surface area contributed by atoms with Gasteiger partial charge in [-0.3, -0.25) is 19.7 Å². The molecule has 0 spiro atoms. The van der Waals surface area contributed by atoms with E-state index in [0.717, 1.165) is 49.2 Å². The second-order valence-electron chi connectivity index (χ2n) is 7.04. The molecule has 7 heteroatoms. The van der Waals surface area contributed by atoms with Gasteiger partial charge in [0.25, 0.3) is 5.91 Å². The molecule has 4 rings (SSSR count).